The minimum atomic E-state index is -3.70. The Labute approximate surface area is 105 Å². The van der Waals surface area contributed by atoms with Crippen LogP contribution in [0.1, 0.15) is 11.1 Å². The van der Waals surface area contributed by atoms with Crippen molar-refractivity contribution in [2.24, 2.45) is 0 Å². The lowest BCUT2D eigenvalue weighted by Gasteiger charge is -2.11. The first-order valence-corrected chi connectivity index (χ1v) is 6.71. The van der Waals surface area contributed by atoms with Gasteiger partial charge in [0.05, 0.1) is 11.9 Å². The lowest BCUT2D eigenvalue weighted by molar-refractivity contribution is 0.467. The number of phenolic OH excluding ortho intramolecular Hbond substituents is 1. The molecule has 1 aromatic carbocycles. The second-order valence-corrected chi connectivity index (χ2v) is 5.58. The number of hydrogen-bond acceptors (Lipinski definition) is 4. The molecule has 0 unspecified atom stereocenters. The van der Waals surface area contributed by atoms with Crippen molar-refractivity contribution in [2.45, 2.75) is 18.9 Å². The highest BCUT2D eigenvalue weighted by atomic mass is 32.2. The third-order valence-corrected chi connectivity index (χ3v) is 3.94. The molecule has 18 heavy (non-hydrogen) atoms. The summed E-state index contributed by atoms with van der Waals surface area (Å²) < 4.78 is 26.3. The number of rotatable bonds is 3. The van der Waals surface area contributed by atoms with Gasteiger partial charge in [-0.05, 0) is 31.5 Å². The van der Waals surface area contributed by atoms with E-state index in [9.17, 15) is 13.5 Å². The second-order valence-electron chi connectivity index (χ2n) is 3.93. The van der Waals surface area contributed by atoms with E-state index in [-0.39, 0.29) is 10.8 Å². The summed E-state index contributed by atoms with van der Waals surface area (Å²) in [5.74, 6) is 0.0832. The molecule has 0 amide bonds. The van der Waals surface area contributed by atoms with Gasteiger partial charge in [0.2, 0.25) is 0 Å². The summed E-state index contributed by atoms with van der Waals surface area (Å²) >= 11 is 0. The van der Waals surface area contributed by atoms with Crippen molar-refractivity contribution in [1.29, 1.82) is 0 Å². The molecule has 1 aromatic heterocycles. The van der Waals surface area contributed by atoms with Gasteiger partial charge in [0.1, 0.15) is 5.75 Å². The van der Waals surface area contributed by atoms with Crippen LogP contribution in [0.3, 0.4) is 0 Å². The van der Waals surface area contributed by atoms with Gasteiger partial charge in [-0.1, -0.05) is 6.07 Å². The zero-order chi connectivity index (χ0) is 13.3. The minimum absolute atomic E-state index is 0.0260. The van der Waals surface area contributed by atoms with E-state index in [1.807, 2.05) is 0 Å². The first-order chi connectivity index (χ1) is 8.42. The molecule has 3 N–H and O–H groups in total. The summed E-state index contributed by atoms with van der Waals surface area (Å²) in [5.41, 5.74) is 1.52. The fourth-order valence-corrected chi connectivity index (χ4v) is 2.57. The van der Waals surface area contributed by atoms with E-state index < -0.39 is 10.0 Å². The third kappa shape index (κ3) is 2.17. The van der Waals surface area contributed by atoms with Gasteiger partial charge in [-0.15, -0.1) is 0 Å². The number of phenols is 1. The van der Waals surface area contributed by atoms with Gasteiger partial charge < -0.3 is 5.11 Å². The highest BCUT2D eigenvalue weighted by molar-refractivity contribution is 7.92. The van der Waals surface area contributed by atoms with Crippen LogP contribution in [0.2, 0.25) is 0 Å². The second kappa shape index (κ2) is 4.34. The molecule has 0 saturated carbocycles. The largest absolute Gasteiger partial charge is 0.507 e. The molecule has 2 rings (SSSR count). The maximum Gasteiger partial charge on any atom is 0.278 e. The van der Waals surface area contributed by atoms with E-state index in [4.69, 9.17) is 0 Å². The van der Waals surface area contributed by atoms with E-state index in [0.717, 1.165) is 0 Å². The standard InChI is InChI=1S/C11H13N3O3S/c1-7-3-4-9(8(2)11(7)15)14-18(16,17)10-5-6-12-13-10/h3-6,14-15H,1-2H3,(H,12,13). The van der Waals surface area contributed by atoms with Gasteiger partial charge >= 0.3 is 0 Å². The Hall–Kier alpha value is -2.02. The zero-order valence-electron chi connectivity index (χ0n) is 9.93. The number of nitrogens with one attached hydrogen (secondary N) is 2. The molecule has 0 saturated heterocycles. The number of aromatic nitrogens is 2. The number of aromatic amines is 1. The van der Waals surface area contributed by atoms with Crippen molar-refractivity contribution in [1.82, 2.24) is 10.2 Å². The van der Waals surface area contributed by atoms with Crippen molar-refractivity contribution in [3.05, 3.63) is 35.5 Å². The number of aryl methyl sites for hydroxylation is 1. The van der Waals surface area contributed by atoms with Crippen molar-refractivity contribution >= 4 is 15.7 Å². The molecule has 0 aliphatic heterocycles. The first kappa shape index (κ1) is 12.4. The zero-order valence-corrected chi connectivity index (χ0v) is 10.7. The summed E-state index contributed by atoms with van der Waals surface area (Å²) in [6.07, 6.45) is 1.36. The summed E-state index contributed by atoms with van der Waals surface area (Å²) in [4.78, 5) is 0. The topological polar surface area (TPSA) is 95.1 Å². The Morgan fingerprint density at radius 3 is 2.61 bits per heavy atom. The molecule has 0 fully saturated rings. The molecular formula is C11H13N3O3S. The van der Waals surface area contributed by atoms with Crippen molar-refractivity contribution in [3.63, 3.8) is 0 Å². The normalized spacial score (nSPS) is 11.4. The highest BCUT2D eigenvalue weighted by Crippen LogP contribution is 2.29. The lowest BCUT2D eigenvalue weighted by Crippen LogP contribution is -2.14. The Balaban J connectivity index is 2.39. The van der Waals surface area contributed by atoms with E-state index in [1.54, 1.807) is 26.0 Å². The van der Waals surface area contributed by atoms with Gasteiger partial charge in [-0.3, -0.25) is 9.82 Å². The molecular weight excluding hydrogens is 254 g/mol. The summed E-state index contributed by atoms with van der Waals surface area (Å²) in [6.45, 7) is 3.39. The van der Waals surface area contributed by atoms with Crippen LogP contribution in [0.15, 0.2) is 29.4 Å². The summed E-state index contributed by atoms with van der Waals surface area (Å²) in [5, 5.41) is 15.7. The van der Waals surface area contributed by atoms with Gasteiger partial charge in [0.25, 0.3) is 10.0 Å². The Bertz CT molecular complexity index is 663. The number of hydrogen-bond donors (Lipinski definition) is 3. The quantitative estimate of drug-likeness (QED) is 0.786. The molecule has 1 heterocycles. The van der Waals surface area contributed by atoms with E-state index >= 15 is 0 Å². The maximum absolute atomic E-state index is 11.9. The van der Waals surface area contributed by atoms with Gasteiger partial charge in [-0.2, -0.15) is 13.5 Å². The predicted octanol–water partition coefficient (Wildman–Crippen LogP) is 1.53. The average molecular weight is 267 g/mol. The smallest absolute Gasteiger partial charge is 0.278 e. The molecule has 0 bridgehead atoms. The van der Waals surface area contributed by atoms with E-state index in [2.05, 4.69) is 14.9 Å². The molecule has 0 spiro atoms. The molecule has 0 radical (unpaired) electrons. The molecule has 6 nitrogen and oxygen atoms in total. The third-order valence-electron chi connectivity index (χ3n) is 2.64. The summed E-state index contributed by atoms with van der Waals surface area (Å²) in [6, 6.07) is 4.61. The average Bonchev–Trinajstić information content (AvgIpc) is 2.84. The minimum Gasteiger partial charge on any atom is -0.507 e. The monoisotopic (exact) mass is 267 g/mol. The van der Waals surface area contributed by atoms with Gasteiger partial charge in [0.15, 0.2) is 5.03 Å². The number of nitrogens with zero attached hydrogens (tertiary/aromatic N) is 1. The van der Waals surface area contributed by atoms with Gasteiger partial charge in [-0.25, -0.2) is 0 Å². The number of sulfonamides is 1. The summed E-state index contributed by atoms with van der Waals surface area (Å²) in [7, 11) is -3.70. The Kier molecular flexibility index (Phi) is 3.00. The highest BCUT2D eigenvalue weighted by Gasteiger charge is 2.17. The molecule has 0 aliphatic carbocycles. The fourth-order valence-electron chi connectivity index (χ4n) is 1.54. The molecule has 7 heteroatoms. The number of anilines is 1. The van der Waals surface area contributed by atoms with Crippen molar-refractivity contribution < 1.29 is 13.5 Å². The SMILES string of the molecule is Cc1ccc(NS(=O)(=O)c2ccn[nH]2)c(C)c1O. The first-order valence-electron chi connectivity index (χ1n) is 5.23. The fraction of sp³-hybridized carbons (Fsp3) is 0.182. The predicted molar refractivity (Wildman–Crippen MR) is 67.0 cm³/mol. The van der Waals surface area contributed by atoms with Crippen LogP contribution in [0.5, 0.6) is 5.75 Å². The van der Waals surface area contributed by atoms with Crippen LogP contribution < -0.4 is 4.72 Å². The molecule has 0 atom stereocenters. The number of aromatic hydroxyl groups is 1. The van der Waals surface area contributed by atoms with Crippen LogP contribution >= 0.6 is 0 Å². The van der Waals surface area contributed by atoms with Crippen LogP contribution in [0.25, 0.3) is 0 Å². The van der Waals surface area contributed by atoms with Crippen LogP contribution in [-0.4, -0.2) is 23.7 Å². The van der Waals surface area contributed by atoms with Gasteiger partial charge in [0, 0.05) is 5.56 Å². The van der Waals surface area contributed by atoms with Crippen LogP contribution in [0.4, 0.5) is 5.69 Å². The van der Waals surface area contributed by atoms with Crippen molar-refractivity contribution in [3.8, 4) is 5.75 Å². The molecule has 96 valence electrons. The van der Waals surface area contributed by atoms with Crippen LogP contribution in [0, 0.1) is 13.8 Å². The number of H-pyrrole nitrogens is 1. The maximum atomic E-state index is 11.9. The Morgan fingerprint density at radius 2 is 2.00 bits per heavy atom. The van der Waals surface area contributed by atoms with Crippen LogP contribution in [-0.2, 0) is 10.0 Å². The lowest BCUT2D eigenvalue weighted by atomic mass is 10.1. The van der Waals surface area contributed by atoms with Crippen molar-refractivity contribution in [2.75, 3.05) is 4.72 Å². The number of benzene rings is 1. The molecule has 2 aromatic rings. The Morgan fingerprint density at radius 1 is 1.28 bits per heavy atom. The van der Waals surface area contributed by atoms with E-state index in [0.29, 0.717) is 16.8 Å². The molecule has 0 aliphatic rings. The van der Waals surface area contributed by atoms with E-state index in [1.165, 1.54) is 12.3 Å².